The fourth-order valence-corrected chi connectivity index (χ4v) is 18.1. The van der Waals surface area contributed by atoms with Crippen LogP contribution in [-0.2, 0) is 9.63 Å². The van der Waals surface area contributed by atoms with Gasteiger partial charge in [0.1, 0.15) is 0 Å². The number of hydrogen-bond donors (Lipinski definition) is 5. The van der Waals surface area contributed by atoms with Crippen LogP contribution in [0.1, 0.15) is 184 Å². The number of fused-ring (bicyclic) bond motifs is 10. The lowest BCUT2D eigenvalue weighted by Gasteiger charge is -2.62. The van der Waals surface area contributed by atoms with Crippen molar-refractivity contribution in [2.24, 2.45) is 92.7 Å². The summed E-state index contributed by atoms with van der Waals surface area (Å²) in [6.07, 6.45) is 20.4. The first-order valence-electron chi connectivity index (χ1n) is 25.3. The van der Waals surface area contributed by atoms with Gasteiger partial charge in [-0.1, -0.05) is 41.5 Å². The Bertz CT molecular complexity index is 1480. The molecule has 0 aliphatic heterocycles. The average Bonchev–Trinajstić information content (AvgIpc) is 3.74. The van der Waals surface area contributed by atoms with Crippen molar-refractivity contribution in [1.82, 2.24) is 5.06 Å². The molecule has 8 nitrogen and oxygen atoms in total. The van der Waals surface area contributed by atoms with Crippen molar-refractivity contribution in [3.05, 3.63) is 0 Å². The van der Waals surface area contributed by atoms with Crippen LogP contribution in [0.25, 0.3) is 0 Å². The molecule has 0 heterocycles. The summed E-state index contributed by atoms with van der Waals surface area (Å²) >= 11 is 0. The molecule has 0 bridgehead atoms. The molecule has 5 N–H and O–H groups in total. The summed E-state index contributed by atoms with van der Waals surface area (Å²) in [6.45, 7) is 18.6. The van der Waals surface area contributed by atoms with Gasteiger partial charge in [-0.05, 0) is 229 Å². The van der Waals surface area contributed by atoms with Gasteiger partial charge < -0.3 is 25.5 Å². The van der Waals surface area contributed by atoms with Gasteiger partial charge in [-0.3, -0.25) is 9.63 Å². The highest BCUT2D eigenvalue weighted by Gasteiger charge is 2.64. The van der Waals surface area contributed by atoms with Crippen molar-refractivity contribution < 1.29 is 35.2 Å². The van der Waals surface area contributed by atoms with E-state index in [9.17, 15) is 30.3 Å². The highest BCUT2D eigenvalue weighted by atomic mass is 16.7. The topological polar surface area (TPSA) is 131 Å². The van der Waals surface area contributed by atoms with Crippen molar-refractivity contribution >= 4 is 5.91 Å². The summed E-state index contributed by atoms with van der Waals surface area (Å²) in [5.41, 5.74) is 0.565. The molecule has 0 saturated heterocycles. The molecule has 8 heteroatoms. The minimum Gasteiger partial charge on any atom is -0.393 e. The van der Waals surface area contributed by atoms with E-state index in [1.54, 1.807) is 14.2 Å². The number of aliphatic hydroxyl groups is 5. The number of hydroxylamine groups is 2. The monoisotopic (exact) mass is 842 g/mol. The van der Waals surface area contributed by atoms with Crippen LogP contribution in [-0.4, -0.2) is 80.7 Å². The van der Waals surface area contributed by atoms with Crippen molar-refractivity contribution in [2.45, 2.75) is 214 Å². The van der Waals surface area contributed by atoms with Gasteiger partial charge in [0.2, 0.25) is 5.91 Å². The summed E-state index contributed by atoms with van der Waals surface area (Å²) in [5.74, 6) is 7.36. The molecule has 20 atom stereocenters. The normalized spacial score (nSPS) is 49.4. The lowest BCUT2D eigenvalue weighted by molar-refractivity contribution is -0.173. The van der Waals surface area contributed by atoms with Crippen LogP contribution in [0.15, 0.2) is 0 Å². The van der Waals surface area contributed by atoms with Crippen molar-refractivity contribution in [2.75, 3.05) is 14.2 Å². The Morgan fingerprint density at radius 2 is 1.02 bits per heavy atom. The van der Waals surface area contributed by atoms with E-state index in [-0.39, 0.29) is 47.1 Å². The molecule has 8 rings (SSSR count). The number of aliphatic hydroxyl groups excluding tert-OH is 4. The predicted molar refractivity (Wildman–Crippen MR) is 238 cm³/mol. The molecule has 8 saturated carbocycles. The summed E-state index contributed by atoms with van der Waals surface area (Å²) < 4.78 is 0. The smallest absolute Gasteiger partial charge is 0.245 e. The Balaban J connectivity index is 0.000000182. The Morgan fingerprint density at radius 1 is 0.617 bits per heavy atom. The Labute approximate surface area is 365 Å². The standard InChI is InChI=1S/C26H45NO4.C26H46O3/c1-16(6-9-24(30)27(4)31-5)19-7-8-20-18-15-23(29)22-14-17(28)10-12-26(22,3)21(18)11-13-25(19,20)2;1-16(8-11-24(2,3)29)19-6-7-20-18-15-23(28)22-14-17(27)9-12-26(22,5)21(18)10-13-25(19,20)4/h16-23,28-29H,6-15H2,1-5H3;16-23,27-29H,6-15H2,1-5H3/t2*16?,17-,18?,19?,20?,21?,22+,23+,25?,26?/m11/s1. The van der Waals surface area contributed by atoms with E-state index in [0.717, 1.165) is 88.4 Å². The molecule has 346 valence electrons. The zero-order valence-corrected chi connectivity index (χ0v) is 39.9. The maximum absolute atomic E-state index is 12.2. The third-order valence-corrected chi connectivity index (χ3v) is 21.5. The van der Waals surface area contributed by atoms with Gasteiger partial charge in [0.25, 0.3) is 0 Å². The van der Waals surface area contributed by atoms with Crippen LogP contribution in [0.3, 0.4) is 0 Å². The van der Waals surface area contributed by atoms with Crippen LogP contribution in [0, 0.1) is 92.7 Å². The number of carbonyl (C=O) groups is 1. The van der Waals surface area contributed by atoms with Gasteiger partial charge in [-0.15, -0.1) is 0 Å². The van der Waals surface area contributed by atoms with Crippen LogP contribution < -0.4 is 0 Å². The minimum atomic E-state index is -0.562. The molecular weight excluding hydrogens is 751 g/mol. The minimum absolute atomic E-state index is 0.0617. The SMILES string of the molecule is CC(CCC(C)(C)O)C1CCC2C3C[C@H](O)[C@@H]4C[C@H](O)CCC4(C)C3CCC12C.CON(C)C(=O)CCC(C)C1CCC2C3C[C@H](O)[C@@H]4C[C@H](O)CCC4(C)C3CCC12C. The van der Waals surface area contributed by atoms with E-state index < -0.39 is 5.60 Å². The summed E-state index contributed by atoms with van der Waals surface area (Å²) in [7, 11) is 3.23. The van der Waals surface area contributed by atoms with Crippen LogP contribution in [0.4, 0.5) is 0 Å². The van der Waals surface area contributed by atoms with E-state index in [0.29, 0.717) is 64.6 Å². The number of rotatable bonds is 9. The van der Waals surface area contributed by atoms with Gasteiger partial charge in [0.15, 0.2) is 0 Å². The van der Waals surface area contributed by atoms with Gasteiger partial charge in [-0.2, -0.15) is 0 Å². The molecule has 8 fully saturated rings. The molecular formula is C52H91NO7. The number of amides is 1. The Kier molecular flexibility index (Phi) is 13.8. The molecule has 14 unspecified atom stereocenters. The first kappa shape index (κ1) is 47.2. The van der Waals surface area contributed by atoms with Crippen molar-refractivity contribution in [3.63, 3.8) is 0 Å². The number of nitrogens with zero attached hydrogens (tertiary/aromatic N) is 1. The number of carbonyl (C=O) groups excluding carboxylic acids is 1. The Hall–Kier alpha value is -0.770. The maximum Gasteiger partial charge on any atom is 0.245 e. The molecule has 0 spiro atoms. The zero-order chi connectivity index (χ0) is 43.7. The molecule has 0 aromatic rings. The first-order chi connectivity index (χ1) is 28.1. The van der Waals surface area contributed by atoms with E-state index >= 15 is 0 Å². The average molecular weight is 842 g/mol. The quantitative estimate of drug-likeness (QED) is 0.146. The third kappa shape index (κ3) is 8.46. The second-order valence-corrected chi connectivity index (χ2v) is 24.8. The molecule has 1 amide bonds. The molecule has 0 aromatic heterocycles. The van der Waals surface area contributed by atoms with E-state index in [1.165, 1.54) is 56.4 Å². The lowest BCUT2D eigenvalue weighted by Crippen LogP contribution is -2.58. The second-order valence-electron chi connectivity index (χ2n) is 24.8. The molecule has 8 aliphatic rings. The molecule has 0 aromatic carbocycles. The van der Waals surface area contributed by atoms with Gasteiger partial charge in [0, 0.05) is 13.5 Å². The van der Waals surface area contributed by atoms with Crippen molar-refractivity contribution in [1.29, 1.82) is 0 Å². The van der Waals surface area contributed by atoms with E-state index in [1.807, 2.05) is 13.8 Å². The summed E-state index contributed by atoms with van der Waals surface area (Å²) in [4.78, 5) is 17.3. The molecule has 60 heavy (non-hydrogen) atoms. The zero-order valence-electron chi connectivity index (χ0n) is 39.9. The van der Waals surface area contributed by atoms with Crippen LogP contribution in [0.5, 0.6) is 0 Å². The fraction of sp³-hybridized carbons (Fsp3) is 0.981. The third-order valence-electron chi connectivity index (χ3n) is 21.5. The highest BCUT2D eigenvalue weighted by molar-refractivity contribution is 5.74. The second kappa shape index (κ2) is 17.6. The summed E-state index contributed by atoms with van der Waals surface area (Å²) in [5, 5.41) is 54.3. The van der Waals surface area contributed by atoms with E-state index in [4.69, 9.17) is 4.84 Å². The van der Waals surface area contributed by atoms with Crippen LogP contribution >= 0.6 is 0 Å². The van der Waals surface area contributed by atoms with Gasteiger partial charge in [0.05, 0.1) is 37.1 Å². The Morgan fingerprint density at radius 3 is 1.43 bits per heavy atom. The predicted octanol–water partition coefficient (Wildman–Crippen LogP) is 9.58. The van der Waals surface area contributed by atoms with Crippen molar-refractivity contribution in [3.8, 4) is 0 Å². The van der Waals surface area contributed by atoms with Crippen LogP contribution in [0.2, 0.25) is 0 Å². The molecule has 0 radical (unpaired) electrons. The fourth-order valence-electron chi connectivity index (χ4n) is 18.1. The van der Waals surface area contributed by atoms with E-state index in [2.05, 4.69) is 41.5 Å². The number of hydrogen-bond acceptors (Lipinski definition) is 7. The van der Waals surface area contributed by atoms with Gasteiger partial charge in [-0.25, -0.2) is 5.06 Å². The van der Waals surface area contributed by atoms with Gasteiger partial charge >= 0.3 is 0 Å². The highest BCUT2D eigenvalue weighted by Crippen LogP contribution is 2.70. The largest absolute Gasteiger partial charge is 0.393 e. The maximum atomic E-state index is 12.2. The summed E-state index contributed by atoms with van der Waals surface area (Å²) in [6, 6.07) is 0. The lowest BCUT2D eigenvalue weighted by atomic mass is 9.43. The first-order valence-corrected chi connectivity index (χ1v) is 25.3. The molecule has 8 aliphatic carbocycles.